The third-order valence-electron chi connectivity index (χ3n) is 3.21. The molecule has 2 rings (SSSR count). The fourth-order valence-corrected chi connectivity index (χ4v) is 1.90. The van der Waals surface area contributed by atoms with Gasteiger partial charge in [0.05, 0.1) is 11.6 Å². The second-order valence-corrected chi connectivity index (χ2v) is 4.66. The van der Waals surface area contributed by atoms with Crippen LogP contribution in [0.25, 0.3) is 0 Å². The van der Waals surface area contributed by atoms with Gasteiger partial charge in [-0.2, -0.15) is 5.26 Å². The van der Waals surface area contributed by atoms with Gasteiger partial charge in [-0.3, -0.25) is 0 Å². The van der Waals surface area contributed by atoms with E-state index in [1.165, 1.54) is 30.4 Å². The number of aryl methyl sites for hydroxylation is 1. The minimum Gasteiger partial charge on any atom is -0.313 e. The number of nitriles is 1. The molecule has 1 saturated carbocycles. The van der Waals surface area contributed by atoms with Crippen LogP contribution in [0.2, 0.25) is 0 Å². The second kappa shape index (κ2) is 5.14. The van der Waals surface area contributed by atoms with E-state index in [0.717, 1.165) is 24.6 Å². The predicted octanol–water partition coefficient (Wildman–Crippen LogP) is 2.76. The fraction of sp³-hybridized carbons (Fsp3) is 0.500. The molecule has 84 valence electrons. The Labute approximate surface area is 97.3 Å². The topological polar surface area (TPSA) is 35.8 Å². The summed E-state index contributed by atoms with van der Waals surface area (Å²) in [5, 5.41) is 12.2. The van der Waals surface area contributed by atoms with Crippen LogP contribution in [0.3, 0.4) is 0 Å². The number of rotatable bonds is 5. The lowest BCUT2D eigenvalue weighted by molar-refractivity contribution is 0.612. The van der Waals surface area contributed by atoms with Crippen molar-refractivity contribution in [1.82, 2.24) is 5.32 Å². The van der Waals surface area contributed by atoms with E-state index in [1.807, 2.05) is 12.1 Å². The van der Waals surface area contributed by atoms with Crippen LogP contribution < -0.4 is 5.32 Å². The number of nitrogens with zero attached hydrogens (tertiary/aromatic N) is 1. The molecule has 1 N–H and O–H groups in total. The van der Waals surface area contributed by atoms with Crippen molar-refractivity contribution < 1.29 is 0 Å². The van der Waals surface area contributed by atoms with E-state index < -0.39 is 0 Å². The summed E-state index contributed by atoms with van der Waals surface area (Å²) in [7, 11) is 0. The zero-order valence-electron chi connectivity index (χ0n) is 9.79. The molecule has 1 aromatic carbocycles. The van der Waals surface area contributed by atoms with Crippen LogP contribution in [0.4, 0.5) is 0 Å². The Hall–Kier alpha value is -1.33. The second-order valence-electron chi connectivity index (χ2n) is 4.66. The molecule has 0 aromatic heterocycles. The fourth-order valence-electron chi connectivity index (χ4n) is 1.90. The zero-order chi connectivity index (χ0) is 11.4. The standard InChI is InChI=1S/C14H18N2/c1-11-8-13(9-15)4-5-14(11)10-16-7-6-12-2-3-12/h4-5,8,12,16H,2-3,6-7,10H2,1H3. The number of benzene rings is 1. The molecule has 1 fully saturated rings. The van der Waals surface area contributed by atoms with Gasteiger partial charge < -0.3 is 5.32 Å². The van der Waals surface area contributed by atoms with Crippen LogP contribution in [0.1, 0.15) is 36.0 Å². The van der Waals surface area contributed by atoms with Gasteiger partial charge >= 0.3 is 0 Å². The average Bonchev–Trinajstić information content (AvgIpc) is 3.10. The molecule has 1 aromatic rings. The molecule has 1 aliphatic carbocycles. The summed E-state index contributed by atoms with van der Waals surface area (Å²) in [6.45, 7) is 4.10. The lowest BCUT2D eigenvalue weighted by Crippen LogP contribution is -2.15. The van der Waals surface area contributed by atoms with Crippen LogP contribution >= 0.6 is 0 Å². The minimum atomic E-state index is 0.749. The highest BCUT2D eigenvalue weighted by molar-refractivity contribution is 5.37. The van der Waals surface area contributed by atoms with Gasteiger partial charge in [0.15, 0.2) is 0 Å². The number of hydrogen-bond donors (Lipinski definition) is 1. The van der Waals surface area contributed by atoms with Crippen molar-refractivity contribution in [2.24, 2.45) is 5.92 Å². The van der Waals surface area contributed by atoms with Gasteiger partial charge in [-0.1, -0.05) is 18.9 Å². The Morgan fingerprint density at radius 3 is 2.88 bits per heavy atom. The highest BCUT2D eigenvalue weighted by Gasteiger charge is 2.19. The Morgan fingerprint density at radius 1 is 1.44 bits per heavy atom. The first-order valence-corrected chi connectivity index (χ1v) is 6.00. The minimum absolute atomic E-state index is 0.749. The zero-order valence-corrected chi connectivity index (χ0v) is 9.79. The summed E-state index contributed by atoms with van der Waals surface area (Å²) in [6.07, 6.45) is 4.17. The van der Waals surface area contributed by atoms with Crippen molar-refractivity contribution in [3.8, 4) is 6.07 Å². The quantitative estimate of drug-likeness (QED) is 0.765. The number of nitrogens with one attached hydrogen (secondary N) is 1. The van der Waals surface area contributed by atoms with Crippen LogP contribution in [0.5, 0.6) is 0 Å². The van der Waals surface area contributed by atoms with Gasteiger partial charge in [0.1, 0.15) is 0 Å². The highest BCUT2D eigenvalue weighted by atomic mass is 14.8. The van der Waals surface area contributed by atoms with Gasteiger partial charge in [-0.15, -0.1) is 0 Å². The van der Waals surface area contributed by atoms with Crippen molar-refractivity contribution in [2.45, 2.75) is 32.7 Å². The van der Waals surface area contributed by atoms with Gasteiger partial charge in [0.25, 0.3) is 0 Å². The summed E-state index contributed by atoms with van der Waals surface area (Å²) < 4.78 is 0. The molecule has 0 atom stereocenters. The van der Waals surface area contributed by atoms with Crippen LogP contribution in [-0.2, 0) is 6.54 Å². The third-order valence-corrected chi connectivity index (χ3v) is 3.21. The Kier molecular flexibility index (Phi) is 3.58. The van der Waals surface area contributed by atoms with Crippen molar-refractivity contribution in [3.05, 3.63) is 34.9 Å². The molecular weight excluding hydrogens is 196 g/mol. The first kappa shape index (κ1) is 11.2. The van der Waals surface area contributed by atoms with E-state index in [-0.39, 0.29) is 0 Å². The Bertz CT molecular complexity index is 400. The van der Waals surface area contributed by atoms with Gasteiger partial charge in [-0.05, 0) is 49.1 Å². The maximum Gasteiger partial charge on any atom is 0.0991 e. The SMILES string of the molecule is Cc1cc(C#N)ccc1CNCCC1CC1. The molecule has 0 unspecified atom stereocenters. The van der Waals surface area contributed by atoms with Crippen molar-refractivity contribution >= 4 is 0 Å². The molecule has 0 spiro atoms. The lowest BCUT2D eigenvalue weighted by Gasteiger charge is -2.07. The lowest BCUT2D eigenvalue weighted by atomic mass is 10.1. The van der Waals surface area contributed by atoms with E-state index in [9.17, 15) is 0 Å². The van der Waals surface area contributed by atoms with Crippen molar-refractivity contribution in [2.75, 3.05) is 6.54 Å². The number of hydrogen-bond acceptors (Lipinski definition) is 2. The molecule has 2 nitrogen and oxygen atoms in total. The van der Waals surface area contributed by atoms with Crippen molar-refractivity contribution in [1.29, 1.82) is 5.26 Å². The largest absolute Gasteiger partial charge is 0.313 e. The van der Waals surface area contributed by atoms with E-state index in [4.69, 9.17) is 5.26 Å². The maximum absolute atomic E-state index is 8.77. The maximum atomic E-state index is 8.77. The van der Waals surface area contributed by atoms with E-state index >= 15 is 0 Å². The highest BCUT2D eigenvalue weighted by Crippen LogP contribution is 2.31. The summed E-state index contributed by atoms with van der Waals surface area (Å²) in [5.41, 5.74) is 3.26. The van der Waals surface area contributed by atoms with Gasteiger partial charge in [0, 0.05) is 6.54 Å². The van der Waals surface area contributed by atoms with E-state index in [1.54, 1.807) is 0 Å². The molecule has 0 radical (unpaired) electrons. The van der Waals surface area contributed by atoms with Crippen molar-refractivity contribution in [3.63, 3.8) is 0 Å². The first-order chi connectivity index (χ1) is 7.79. The normalized spacial score (nSPS) is 14.8. The summed E-state index contributed by atoms with van der Waals surface area (Å²) in [6, 6.07) is 8.07. The van der Waals surface area contributed by atoms with E-state index in [2.05, 4.69) is 24.4 Å². The molecule has 16 heavy (non-hydrogen) atoms. The molecule has 0 bridgehead atoms. The third kappa shape index (κ3) is 3.08. The molecule has 1 aliphatic rings. The smallest absolute Gasteiger partial charge is 0.0991 e. The summed E-state index contributed by atoms with van der Waals surface area (Å²) in [5.74, 6) is 0.995. The van der Waals surface area contributed by atoms with E-state index in [0.29, 0.717) is 0 Å². The van der Waals surface area contributed by atoms with Gasteiger partial charge in [0.2, 0.25) is 0 Å². The van der Waals surface area contributed by atoms with Crippen LogP contribution in [0, 0.1) is 24.2 Å². The summed E-state index contributed by atoms with van der Waals surface area (Å²) in [4.78, 5) is 0. The van der Waals surface area contributed by atoms with Crippen LogP contribution in [-0.4, -0.2) is 6.54 Å². The Balaban J connectivity index is 1.81. The Morgan fingerprint density at radius 2 is 2.25 bits per heavy atom. The van der Waals surface area contributed by atoms with Crippen LogP contribution in [0.15, 0.2) is 18.2 Å². The average molecular weight is 214 g/mol. The molecule has 0 saturated heterocycles. The monoisotopic (exact) mass is 214 g/mol. The summed E-state index contributed by atoms with van der Waals surface area (Å²) >= 11 is 0. The molecule has 0 heterocycles. The van der Waals surface area contributed by atoms with Gasteiger partial charge in [-0.25, -0.2) is 0 Å². The molecule has 0 aliphatic heterocycles. The predicted molar refractivity (Wildman–Crippen MR) is 64.9 cm³/mol. The first-order valence-electron chi connectivity index (χ1n) is 6.00. The molecule has 0 amide bonds. The molecular formula is C14H18N2. The molecule has 2 heteroatoms.